The summed E-state index contributed by atoms with van der Waals surface area (Å²) in [6, 6.07) is 9.23. The molecule has 1 fully saturated rings. The molecule has 1 aromatic rings. The molecule has 1 aromatic carbocycles. The first-order valence-corrected chi connectivity index (χ1v) is 5.60. The highest BCUT2D eigenvalue weighted by Crippen LogP contribution is 2.29. The SMILES string of the molecule is COCC1CCNC1c1cccc(C)c1. The highest BCUT2D eigenvalue weighted by Gasteiger charge is 2.27. The van der Waals surface area contributed by atoms with Crippen LogP contribution >= 0.6 is 0 Å². The average molecular weight is 205 g/mol. The number of aryl methyl sites for hydroxylation is 1. The molecular weight excluding hydrogens is 186 g/mol. The Balaban J connectivity index is 2.15. The molecule has 1 aliphatic heterocycles. The lowest BCUT2D eigenvalue weighted by molar-refractivity contribution is 0.145. The Bertz CT molecular complexity index is 324. The van der Waals surface area contributed by atoms with E-state index in [1.807, 2.05) is 0 Å². The van der Waals surface area contributed by atoms with Crippen molar-refractivity contribution >= 4 is 0 Å². The molecule has 2 rings (SSSR count). The van der Waals surface area contributed by atoms with E-state index in [2.05, 4.69) is 36.5 Å². The third-order valence-electron chi connectivity index (χ3n) is 3.13. The van der Waals surface area contributed by atoms with Crippen molar-refractivity contribution in [3.05, 3.63) is 35.4 Å². The Kier molecular flexibility index (Phi) is 3.39. The van der Waals surface area contributed by atoms with Crippen molar-refractivity contribution in [1.29, 1.82) is 0 Å². The molecule has 1 saturated heterocycles. The Labute approximate surface area is 91.6 Å². The summed E-state index contributed by atoms with van der Waals surface area (Å²) in [4.78, 5) is 0. The minimum atomic E-state index is 0.477. The summed E-state index contributed by atoms with van der Waals surface area (Å²) in [5.74, 6) is 0.622. The molecule has 0 aromatic heterocycles. The van der Waals surface area contributed by atoms with Crippen LogP contribution in [0.15, 0.2) is 24.3 Å². The molecule has 2 atom stereocenters. The van der Waals surface area contributed by atoms with Crippen molar-refractivity contribution in [2.45, 2.75) is 19.4 Å². The fraction of sp³-hybridized carbons (Fsp3) is 0.538. The van der Waals surface area contributed by atoms with Crippen molar-refractivity contribution in [3.63, 3.8) is 0 Å². The maximum absolute atomic E-state index is 5.27. The smallest absolute Gasteiger partial charge is 0.0509 e. The van der Waals surface area contributed by atoms with Gasteiger partial charge in [-0.05, 0) is 25.5 Å². The van der Waals surface area contributed by atoms with Gasteiger partial charge in [-0.25, -0.2) is 0 Å². The third-order valence-corrected chi connectivity index (χ3v) is 3.13. The molecule has 82 valence electrons. The maximum Gasteiger partial charge on any atom is 0.0509 e. The highest BCUT2D eigenvalue weighted by atomic mass is 16.5. The lowest BCUT2D eigenvalue weighted by Crippen LogP contribution is -2.20. The Morgan fingerprint density at radius 1 is 1.47 bits per heavy atom. The summed E-state index contributed by atoms with van der Waals surface area (Å²) in [5.41, 5.74) is 2.73. The van der Waals surface area contributed by atoms with Crippen LogP contribution < -0.4 is 5.32 Å². The van der Waals surface area contributed by atoms with Crippen LogP contribution in [-0.2, 0) is 4.74 Å². The first-order valence-electron chi connectivity index (χ1n) is 5.60. The standard InChI is InChI=1S/C13H19NO/c1-10-4-3-5-11(8-10)13-12(9-15-2)6-7-14-13/h3-5,8,12-14H,6-7,9H2,1-2H3. The van der Waals surface area contributed by atoms with Gasteiger partial charge in [0, 0.05) is 19.1 Å². The van der Waals surface area contributed by atoms with Crippen molar-refractivity contribution in [3.8, 4) is 0 Å². The molecule has 0 aliphatic carbocycles. The van der Waals surface area contributed by atoms with E-state index in [0.717, 1.165) is 13.2 Å². The van der Waals surface area contributed by atoms with Crippen LogP contribution in [0.5, 0.6) is 0 Å². The highest BCUT2D eigenvalue weighted by molar-refractivity contribution is 5.26. The second kappa shape index (κ2) is 4.77. The Morgan fingerprint density at radius 3 is 3.07 bits per heavy atom. The Hall–Kier alpha value is -0.860. The molecule has 2 unspecified atom stereocenters. The van der Waals surface area contributed by atoms with E-state index in [-0.39, 0.29) is 0 Å². The van der Waals surface area contributed by atoms with Gasteiger partial charge < -0.3 is 10.1 Å². The van der Waals surface area contributed by atoms with Gasteiger partial charge >= 0.3 is 0 Å². The fourth-order valence-electron chi connectivity index (χ4n) is 2.40. The Morgan fingerprint density at radius 2 is 2.33 bits per heavy atom. The van der Waals surface area contributed by atoms with E-state index < -0.39 is 0 Å². The number of rotatable bonds is 3. The average Bonchev–Trinajstić information content (AvgIpc) is 2.66. The second-order valence-corrected chi connectivity index (χ2v) is 4.35. The predicted octanol–water partition coefficient (Wildman–Crippen LogP) is 2.29. The van der Waals surface area contributed by atoms with E-state index >= 15 is 0 Å². The lowest BCUT2D eigenvalue weighted by Gasteiger charge is -2.19. The molecule has 1 heterocycles. The van der Waals surface area contributed by atoms with Crippen molar-refractivity contribution in [1.82, 2.24) is 5.32 Å². The van der Waals surface area contributed by atoms with Crippen LogP contribution in [-0.4, -0.2) is 20.3 Å². The van der Waals surface area contributed by atoms with Crippen LogP contribution in [0.3, 0.4) is 0 Å². The maximum atomic E-state index is 5.27. The molecular formula is C13H19NO. The zero-order valence-corrected chi connectivity index (χ0v) is 9.49. The summed E-state index contributed by atoms with van der Waals surface area (Å²) < 4.78 is 5.27. The number of hydrogen-bond donors (Lipinski definition) is 1. The van der Waals surface area contributed by atoms with Gasteiger partial charge in [0.25, 0.3) is 0 Å². The van der Waals surface area contributed by atoms with E-state index in [1.165, 1.54) is 17.5 Å². The normalized spacial score (nSPS) is 25.7. The number of methoxy groups -OCH3 is 1. The summed E-state index contributed by atoms with van der Waals surface area (Å²) >= 11 is 0. The number of benzene rings is 1. The number of ether oxygens (including phenoxy) is 1. The van der Waals surface area contributed by atoms with Crippen LogP contribution in [0.2, 0.25) is 0 Å². The van der Waals surface area contributed by atoms with Gasteiger partial charge in [-0.1, -0.05) is 29.8 Å². The van der Waals surface area contributed by atoms with Gasteiger partial charge in [-0.3, -0.25) is 0 Å². The van der Waals surface area contributed by atoms with E-state index in [1.54, 1.807) is 7.11 Å². The summed E-state index contributed by atoms with van der Waals surface area (Å²) in [7, 11) is 1.78. The van der Waals surface area contributed by atoms with Gasteiger partial charge in [0.2, 0.25) is 0 Å². The minimum Gasteiger partial charge on any atom is -0.384 e. The predicted molar refractivity (Wildman–Crippen MR) is 61.9 cm³/mol. The van der Waals surface area contributed by atoms with Crippen LogP contribution in [0, 0.1) is 12.8 Å². The van der Waals surface area contributed by atoms with Crippen molar-refractivity contribution < 1.29 is 4.74 Å². The molecule has 0 saturated carbocycles. The molecule has 0 radical (unpaired) electrons. The second-order valence-electron chi connectivity index (χ2n) is 4.35. The summed E-state index contributed by atoms with van der Waals surface area (Å²) in [5, 5.41) is 3.56. The summed E-state index contributed by atoms with van der Waals surface area (Å²) in [6.45, 7) is 4.10. The number of nitrogens with one attached hydrogen (secondary N) is 1. The quantitative estimate of drug-likeness (QED) is 0.817. The van der Waals surface area contributed by atoms with Gasteiger partial charge in [0.1, 0.15) is 0 Å². The topological polar surface area (TPSA) is 21.3 Å². The zero-order valence-electron chi connectivity index (χ0n) is 9.49. The number of hydrogen-bond acceptors (Lipinski definition) is 2. The molecule has 15 heavy (non-hydrogen) atoms. The largest absolute Gasteiger partial charge is 0.384 e. The third kappa shape index (κ3) is 2.39. The lowest BCUT2D eigenvalue weighted by atomic mass is 9.94. The minimum absolute atomic E-state index is 0.477. The van der Waals surface area contributed by atoms with Crippen LogP contribution in [0.1, 0.15) is 23.6 Å². The van der Waals surface area contributed by atoms with Crippen LogP contribution in [0.25, 0.3) is 0 Å². The molecule has 2 heteroatoms. The monoisotopic (exact) mass is 205 g/mol. The molecule has 1 N–H and O–H groups in total. The van der Waals surface area contributed by atoms with Gasteiger partial charge in [0.05, 0.1) is 6.61 Å². The van der Waals surface area contributed by atoms with Gasteiger partial charge in [-0.15, -0.1) is 0 Å². The first-order chi connectivity index (χ1) is 7.31. The van der Waals surface area contributed by atoms with Crippen LogP contribution in [0.4, 0.5) is 0 Å². The fourth-order valence-corrected chi connectivity index (χ4v) is 2.40. The molecule has 1 aliphatic rings. The van der Waals surface area contributed by atoms with E-state index in [4.69, 9.17) is 4.74 Å². The van der Waals surface area contributed by atoms with E-state index in [0.29, 0.717) is 12.0 Å². The van der Waals surface area contributed by atoms with Gasteiger partial charge in [-0.2, -0.15) is 0 Å². The van der Waals surface area contributed by atoms with Crippen molar-refractivity contribution in [2.75, 3.05) is 20.3 Å². The molecule has 0 bridgehead atoms. The van der Waals surface area contributed by atoms with Gasteiger partial charge in [0.15, 0.2) is 0 Å². The van der Waals surface area contributed by atoms with Crippen molar-refractivity contribution in [2.24, 2.45) is 5.92 Å². The molecule has 2 nitrogen and oxygen atoms in total. The molecule has 0 amide bonds. The summed E-state index contributed by atoms with van der Waals surface area (Å²) in [6.07, 6.45) is 1.21. The van der Waals surface area contributed by atoms with E-state index in [9.17, 15) is 0 Å². The first kappa shape index (κ1) is 10.7. The molecule has 0 spiro atoms. The zero-order chi connectivity index (χ0) is 10.7.